The van der Waals surface area contributed by atoms with Crippen LogP contribution in [0.3, 0.4) is 0 Å². The smallest absolute Gasteiger partial charge is 0.243 e. The van der Waals surface area contributed by atoms with Gasteiger partial charge in [-0.2, -0.15) is 4.98 Å². The van der Waals surface area contributed by atoms with Crippen molar-refractivity contribution in [3.05, 3.63) is 41.8 Å². The number of halogens is 2. The van der Waals surface area contributed by atoms with E-state index in [-0.39, 0.29) is 30.8 Å². The normalized spacial score (nSPS) is 17.8. The highest BCUT2D eigenvalue weighted by Gasteiger charge is 2.22. The number of nitrogens with one attached hydrogen (secondary N) is 1. The molecule has 3 rings (SSSR count). The summed E-state index contributed by atoms with van der Waals surface area (Å²) in [5.41, 5.74) is 0. The van der Waals surface area contributed by atoms with Gasteiger partial charge in [0.15, 0.2) is 18.2 Å². The van der Waals surface area contributed by atoms with Crippen molar-refractivity contribution in [2.45, 2.75) is 25.5 Å². The number of nitrogens with zero attached hydrogens (tertiary/aromatic N) is 2. The SMILES string of the molecule is Cl.Fc1ccccc1OCc1noc(C2CCCN2)n1. The minimum absolute atomic E-state index is 0. The highest BCUT2D eigenvalue weighted by molar-refractivity contribution is 5.85. The van der Waals surface area contributed by atoms with E-state index < -0.39 is 5.82 Å². The van der Waals surface area contributed by atoms with E-state index in [2.05, 4.69) is 15.5 Å². The van der Waals surface area contributed by atoms with Gasteiger partial charge in [0.25, 0.3) is 0 Å². The van der Waals surface area contributed by atoms with Crippen molar-refractivity contribution >= 4 is 12.4 Å². The first-order valence-electron chi connectivity index (χ1n) is 6.26. The maximum absolute atomic E-state index is 13.3. The van der Waals surface area contributed by atoms with Gasteiger partial charge in [-0.05, 0) is 31.5 Å². The van der Waals surface area contributed by atoms with Crippen LogP contribution in [0.25, 0.3) is 0 Å². The zero-order valence-corrected chi connectivity index (χ0v) is 11.5. The Labute approximate surface area is 121 Å². The molecule has 0 bridgehead atoms. The molecule has 1 unspecified atom stereocenters. The summed E-state index contributed by atoms with van der Waals surface area (Å²) in [7, 11) is 0. The number of rotatable bonds is 4. The van der Waals surface area contributed by atoms with E-state index in [1.807, 2.05) is 0 Å². The molecule has 2 heterocycles. The molecule has 0 spiro atoms. The van der Waals surface area contributed by atoms with Crippen molar-refractivity contribution in [3.8, 4) is 5.75 Å². The number of hydrogen-bond donors (Lipinski definition) is 1. The average Bonchev–Trinajstić information content (AvgIpc) is 3.09. The van der Waals surface area contributed by atoms with Gasteiger partial charge in [-0.1, -0.05) is 17.3 Å². The Morgan fingerprint density at radius 3 is 3.00 bits per heavy atom. The Morgan fingerprint density at radius 1 is 1.40 bits per heavy atom. The van der Waals surface area contributed by atoms with Crippen LogP contribution < -0.4 is 10.1 Å². The summed E-state index contributed by atoms with van der Waals surface area (Å²) < 4.78 is 23.8. The number of ether oxygens (including phenoxy) is 1. The maximum Gasteiger partial charge on any atom is 0.243 e. The molecule has 5 nitrogen and oxygen atoms in total. The topological polar surface area (TPSA) is 60.2 Å². The largest absolute Gasteiger partial charge is 0.482 e. The second-order valence-electron chi connectivity index (χ2n) is 4.42. The Morgan fingerprint density at radius 2 is 2.25 bits per heavy atom. The summed E-state index contributed by atoms with van der Waals surface area (Å²) in [6.45, 7) is 1.06. The predicted molar refractivity (Wildman–Crippen MR) is 72.3 cm³/mol. The van der Waals surface area contributed by atoms with Crippen LogP contribution in [-0.4, -0.2) is 16.7 Å². The summed E-state index contributed by atoms with van der Waals surface area (Å²) in [5.74, 6) is 0.785. The van der Waals surface area contributed by atoms with E-state index in [4.69, 9.17) is 9.26 Å². The number of benzene rings is 1. The lowest BCUT2D eigenvalue weighted by molar-refractivity contribution is 0.271. The average molecular weight is 300 g/mol. The van der Waals surface area contributed by atoms with Crippen LogP contribution in [-0.2, 0) is 6.61 Å². The molecule has 20 heavy (non-hydrogen) atoms. The molecule has 1 N–H and O–H groups in total. The van der Waals surface area contributed by atoms with Gasteiger partial charge in [-0.25, -0.2) is 4.39 Å². The zero-order chi connectivity index (χ0) is 13.1. The van der Waals surface area contributed by atoms with Gasteiger partial charge in [-0.3, -0.25) is 0 Å². The van der Waals surface area contributed by atoms with Gasteiger partial charge >= 0.3 is 0 Å². The van der Waals surface area contributed by atoms with Gasteiger partial charge < -0.3 is 14.6 Å². The second kappa shape index (κ2) is 6.67. The van der Waals surface area contributed by atoms with Crippen LogP contribution >= 0.6 is 12.4 Å². The van der Waals surface area contributed by atoms with E-state index in [0.29, 0.717) is 11.7 Å². The third-order valence-corrected chi connectivity index (χ3v) is 3.04. The standard InChI is InChI=1S/C13H14FN3O2.ClH/c14-9-4-1-2-6-11(9)18-8-12-16-13(19-17-12)10-5-3-7-15-10;/h1-2,4,6,10,15H,3,5,7-8H2;1H. The monoisotopic (exact) mass is 299 g/mol. The maximum atomic E-state index is 13.3. The van der Waals surface area contributed by atoms with Crippen molar-refractivity contribution in [3.63, 3.8) is 0 Å². The van der Waals surface area contributed by atoms with Crippen molar-refractivity contribution in [2.24, 2.45) is 0 Å². The lowest BCUT2D eigenvalue weighted by Crippen LogP contribution is -2.13. The molecule has 0 radical (unpaired) electrons. The van der Waals surface area contributed by atoms with Gasteiger partial charge in [0.2, 0.25) is 11.7 Å². The van der Waals surface area contributed by atoms with E-state index >= 15 is 0 Å². The van der Waals surface area contributed by atoms with Crippen LogP contribution in [0.5, 0.6) is 5.75 Å². The summed E-state index contributed by atoms with van der Waals surface area (Å²) >= 11 is 0. The summed E-state index contributed by atoms with van der Waals surface area (Å²) in [6.07, 6.45) is 2.10. The van der Waals surface area contributed by atoms with Crippen LogP contribution in [0.4, 0.5) is 4.39 Å². The van der Waals surface area contributed by atoms with Crippen LogP contribution in [0.15, 0.2) is 28.8 Å². The van der Waals surface area contributed by atoms with Gasteiger partial charge in [0.1, 0.15) is 0 Å². The third-order valence-electron chi connectivity index (χ3n) is 3.04. The minimum atomic E-state index is -0.399. The fourth-order valence-electron chi connectivity index (χ4n) is 2.07. The molecule has 7 heteroatoms. The minimum Gasteiger partial charge on any atom is -0.482 e. The molecule has 0 amide bonds. The lowest BCUT2D eigenvalue weighted by atomic mass is 10.2. The number of hydrogen-bond acceptors (Lipinski definition) is 5. The van der Waals surface area contributed by atoms with Crippen molar-refractivity contribution in [1.82, 2.24) is 15.5 Å². The predicted octanol–water partition coefficient (Wildman–Crippen LogP) is 2.63. The first kappa shape index (κ1) is 14.7. The van der Waals surface area contributed by atoms with Crippen molar-refractivity contribution in [1.29, 1.82) is 0 Å². The molecule has 0 saturated carbocycles. The first-order valence-corrected chi connectivity index (χ1v) is 6.26. The molecular weight excluding hydrogens is 285 g/mol. The van der Waals surface area contributed by atoms with E-state index in [9.17, 15) is 4.39 Å². The first-order chi connectivity index (χ1) is 9.33. The molecular formula is C13H15ClFN3O2. The summed E-state index contributed by atoms with van der Waals surface area (Å²) in [6, 6.07) is 6.37. The molecule has 1 aliphatic rings. The third kappa shape index (κ3) is 3.26. The van der Waals surface area contributed by atoms with Crippen molar-refractivity contribution in [2.75, 3.05) is 6.54 Å². The molecule has 108 valence electrons. The van der Waals surface area contributed by atoms with Gasteiger partial charge in [0, 0.05) is 0 Å². The highest BCUT2D eigenvalue weighted by Crippen LogP contribution is 2.21. The Kier molecular flexibility index (Phi) is 4.92. The zero-order valence-electron chi connectivity index (χ0n) is 10.7. The van der Waals surface area contributed by atoms with Crippen molar-refractivity contribution < 1.29 is 13.7 Å². The molecule has 1 saturated heterocycles. The van der Waals surface area contributed by atoms with Gasteiger partial charge in [-0.15, -0.1) is 12.4 Å². The second-order valence-corrected chi connectivity index (χ2v) is 4.42. The van der Waals surface area contributed by atoms with E-state index in [1.54, 1.807) is 18.2 Å². The highest BCUT2D eigenvalue weighted by atomic mass is 35.5. The van der Waals surface area contributed by atoms with E-state index in [0.717, 1.165) is 19.4 Å². The summed E-state index contributed by atoms with van der Waals surface area (Å²) in [5, 5.41) is 7.10. The molecule has 1 aromatic carbocycles. The van der Waals surface area contributed by atoms with Crippen LogP contribution in [0.2, 0.25) is 0 Å². The van der Waals surface area contributed by atoms with E-state index in [1.165, 1.54) is 6.07 Å². The molecule has 1 fully saturated rings. The van der Waals surface area contributed by atoms with Crippen LogP contribution in [0, 0.1) is 5.82 Å². The Bertz CT molecular complexity index is 558. The molecule has 0 aliphatic carbocycles. The Hall–Kier alpha value is -1.66. The lowest BCUT2D eigenvalue weighted by Gasteiger charge is -2.03. The van der Waals surface area contributed by atoms with Gasteiger partial charge in [0.05, 0.1) is 6.04 Å². The molecule has 2 aromatic rings. The van der Waals surface area contributed by atoms with Crippen LogP contribution in [0.1, 0.15) is 30.6 Å². The number of aromatic nitrogens is 2. The molecule has 1 atom stereocenters. The number of para-hydroxylation sites is 1. The molecule has 1 aliphatic heterocycles. The Balaban J connectivity index is 0.00000147. The quantitative estimate of drug-likeness (QED) is 0.940. The fraction of sp³-hybridized carbons (Fsp3) is 0.385. The molecule has 1 aromatic heterocycles. The summed E-state index contributed by atoms with van der Waals surface area (Å²) in [4.78, 5) is 4.25. The fourth-order valence-corrected chi connectivity index (χ4v) is 2.07.